The summed E-state index contributed by atoms with van der Waals surface area (Å²) in [6.07, 6.45) is 3.21. The lowest BCUT2D eigenvalue weighted by Gasteiger charge is -2.03. The first kappa shape index (κ1) is 11.4. The Bertz CT molecular complexity index is 606. The van der Waals surface area contributed by atoms with Crippen molar-refractivity contribution in [1.82, 2.24) is 9.55 Å². The lowest BCUT2D eigenvalue weighted by Crippen LogP contribution is -2.19. The lowest BCUT2D eigenvalue weighted by atomic mass is 10.2. The number of aromatic nitrogens is 2. The topological polar surface area (TPSA) is 34.9 Å². The monoisotopic (exact) mass is 298 g/mol. The van der Waals surface area contributed by atoms with Gasteiger partial charge in [0.25, 0.3) is 5.56 Å². The second-order valence-electron chi connectivity index (χ2n) is 3.23. The fourth-order valence-corrected chi connectivity index (χ4v) is 1.84. The van der Waals surface area contributed by atoms with E-state index in [0.29, 0.717) is 17.4 Å². The van der Waals surface area contributed by atoms with Crippen molar-refractivity contribution in [2.45, 2.75) is 6.54 Å². The third kappa shape index (κ3) is 2.18. The zero-order valence-electron chi connectivity index (χ0n) is 8.23. The van der Waals surface area contributed by atoms with Gasteiger partial charge >= 0.3 is 0 Å². The Morgan fingerprint density at radius 3 is 3.06 bits per heavy atom. The van der Waals surface area contributed by atoms with Crippen LogP contribution in [-0.4, -0.2) is 9.55 Å². The van der Waals surface area contributed by atoms with Crippen molar-refractivity contribution < 1.29 is 0 Å². The van der Waals surface area contributed by atoms with Crippen LogP contribution in [0.15, 0.2) is 45.4 Å². The van der Waals surface area contributed by atoms with Crippen molar-refractivity contribution in [3.05, 3.63) is 51.0 Å². The van der Waals surface area contributed by atoms with E-state index >= 15 is 0 Å². The van der Waals surface area contributed by atoms with Gasteiger partial charge in [-0.25, -0.2) is 4.98 Å². The van der Waals surface area contributed by atoms with Gasteiger partial charge < -0.3 is 0 Å². The summed E-state index contributed by atoms with van der Waals surface area (Å²) in [6, 6.07) is 5.40. The molecule has 0 atom stereocenters. The molecule has 1 aromatic carbocycles. The SMILES string of the molecule is O=c1c2ccc(Br)cc2ncn1C/C=C/Cl. The molecule has 1 aromatic heterocycles. The first-order valence-electron chi connectivity index (χ1n) is 4.62. The quantitative estimate of drug-likeness (QED) is 0.854. The summed E-state index contributed by atoms with van der Waals surface area (Å²) in [5.41, 5.74) is 2.01. The fraction of sp³-hybridized carbons (Fsp3) is 0.0909. The maximum atomic E-state index is 12.0. The smallest absolute Gasteiger partial charge is 0.261 e. The minimum Gasteiger partial charge on any atom is -0.295 e. The molecule has 0 N–H and O–H groups in total. The molecule has 3 nitrogen and oxygen atoms in total. The maximum Gasteiger partial charge on any atom is 0.261 e. The Labute approximate surface area is 105 Å². The largest absolute Gasteiger partial charge is 0.295 e. The molecular weight excluding hydrogens is 291 g/mol. The van der Waals surface area contributed by atoms with Gasteiger partial charge in [-0.2, -0.15) is 0 Å². The Morgan fingerprint density at radius 2 is 2.31 bits per heavy atom. The minimum atomic E-state index is -0.0627. The number of nitrogens with zero attached hydrogens (tertiary/aromatic N) is 2. The Morgan fingerprint density at radius 1 is 1.50 bits per heavy atom. The molecule has 0 aliphatic carbocycles. The van der Waals surface area contributed by atoms with Gasteiger partial charge in [-0.15, -0.1) is 0 Å². The highest BCUT2D eigenvalue weighted by Gasteiger charge is 2.02. The molecule has 16 heavy (non-hydrogen) atoms. The van der Waals surface area contributed by atoms with Crippen LogP contribution in [0.5, 0.6) is 0 Å². The van der Waals surface area contributed by atoms with E-state index in [1.54, 1.807) is 12.1 Å². The lowest BCUT2D eigenvalue weighted by molar-refractivity contribution is 0.767. The summed E-state index contributed by atoms with van der Waals surface area (Å²) in [6.45, 7) is 0.432. The second-order valence-corrected chi connectivity index (χ2v) is 4.39. The van der Waals surface area contributed by atoms with E-state index in [0.717, 1.165) is 4.47 Å². The third-order valence-corrected chi connectivity index (χ3v) is 2.85. The summed E-state index contributed by atoms with van der Waals surface area (Å²) >= 11 is 8.76. The van der Waals surface area contributed by atoms with E-state index < -0.39 is 0 Å². The molecule has 0 unspecified atom stereocenters. The van der Waals surface area contributed by atoms with E-state index in [4.69, 9.17) is 11.6 Å². The number of hydrogen-bond acceptors (Lipinski definition) is 2. The molecule has 0 amide bonds. The number of allylic oxidation sites excluding steroid dienone is 1. The highest BCUT2D eigenvalue weighted by atomic mass is 79.9. The molecule has 0 spiro atoms. The molecule has 0 fully saturated rings. The Balaban J connectivity index is 2.61. The molecule has 0 aliphatic rings. The average Bonchev–Trinajstić information content (AvgIpc) is 2.28. The number of hydrogen-bond donors (Lipinski definition) is 0. The van der Waals surface area contributed by atoms with Crippen molar-refractivity contribution in [1.29, 1.82) is 0 Å². The van der Waals surface area contributed by atoms with Crippen molar-refractivity contribution >= 4 is 38.4 Å². The standard InChI is InChI=1S/C11H8BrClN2O/c12-8-2-3-9-10(6-8)14-7-15(11(9)16)5-1-4-13/h1-4,6-7H,5H2/b4-1+. The summed E-state index contributed by atoms with van der Waals surface area (Å²) in [4.78, 5) is 16.2. The summed E-state index contributed by atoms with van der Waals surface area (Å²) in [5.74, 6) is 0. The third-order valence-electron chi connectivity index (χ3n) is 2.18. The van der Waals surface area contributed by atoms with E-state index in [-0.39, 0.29) is 5.56 Å². The van der Waals surface area contributed by atoms with Crippen LogP contribution < -0.4 is 5.56 Å². The van der Waals surface area contributed by atoms with Crippen LogP contribution in [0.1, 0.15) is 0 Å². The molecule has 0 bridgehead atoms. The fourth-order valence-electron chi connectivity index (χ4n) is 1.41. The summed E-state index contributed by atoms with van der Waals surface area (Å²) in [5, 5.41) is 0.605. The van der Waals surface area contributed by atoms with Crippen molar-refractivity contribution in [2.75, 3.05) is 0 Å². The van der Waals surface area contributed by atoms with Gasteiger partial charge in [-0.3, -0.25) is 9.36 Å². The normalized spacial score (nSPS) is 11.4. The number of benzene rings is 1. The second kappa shape index (κ2) is 4.80. The van der Waals surface area contributed by atoms with Gasteiger partial charge in [0.15, 0.2) is 0 Å². The first-order valence-corrected chi connectivity index (χ1v) is 5.85. The van der Waals surface area contributed by atoms with Crippen LogP contribution in [0.25, 0.3) is 10.9 Å². The first-order chi connectivity index (χ1) is 7.72. The van der Waals surface area contributed by atoms with Gasteiger partial charge in [0.1, 0.15) is 0 Å². The summed E-state index contributed by atoms with van der Waals surface area (Å²) in [7, 11) is 0. The molecule has 2 rings (SSSR count). The van der Waals surface area contributed by atoms with Crippen molar-refractivity contribution in [3.63, 3.8) is 0 Å². The number of fused-ring (bicyclic) bond motifs is 1. The van der Waals surface area contributed by atoms with Crippen LogP contribution in [0.3, 0.4) is 0 Å². The molecule has 1 heterocycles. The van der Waals surface area contributed by atoms with Crippen LogP contribution >= 0.6 is 27.5 Å². The van der Waals surface area contributed by atoms with Gasteiger partial charge in [0, 0.05) is 16.6 Å². The molecule has 82 valence electrons. The van der Waals surface area contributed by atoms with E-state index in [1.165, 1.54) is 16.4 Å². The number of rotatable bonds is 2. The molecule has 0 saturated carbocycles. The Hall–Kier alpha value is -1.13. The predicted molar refractivity (Wildman–Crippen MR) is 68.7 cm³/mol. The highest BCUT2D eigenvalue weighted by Crippen LogP contribution is 2.14. The number of halogens is 2. The van der Waals surface area contributed by atoms with Crippen LogP contribution in [-0.2, 0) is 6.54 Å². The van der Waals surface area contributed by atoms with Crippen LogP contribution in [0.4, 0.5) is 0 Å². The molecule has 2 aromatic rings. The summed E-state index contributed by atoms with van der Waals surface area (Å²) < 4.78 is 2.42. The van der Waals surface area contributed by atoms with Crippen LogP contribution in [0.2, 0.25) is 0 Å². The maximum absolute atomic E-state index is 12.0. The highest BCUT2D eigenvalue weighted by molar-refractivity contribution is 9.10. The zero-order valence-corrected chi connectivity index (χ0v) is 10.6. The van der Waals surface area contributed by atoms with Gasteiger partial charge in [-0.05, 0) is 18.2 Å². The van der Waals surface area contributed by atoms with Crippen molar-refractivity contribution in [3.8, 4) is 0 Å². The molecule has 5 heteroatoms. The average molecular weight is 300 g/mol. The van der Waals surface area contributed by atoms with Gasteiger partial charge in [-0.1, -0.05) is 33.6 Å². The van der Waals surface area contributed by atoms with Crippen molar-refractivity contribution in [2.24, 2.45) is 0 Å². The van der Waals surface area contributed by atoms with Crippen LogP contribution in [0, 0.1) is 0 Å². The van der Waals surface area contributed by atoms with E-state index in [1.807, 2.05) is 12.1 Å². The van der Waals surface area contributed by atoms with Gasteiger partial charge in [0.2, 0.25) is 0 Å². The molecule has 0 saturated heterocycles. The Kier molecular flexibility index (Phi) is 3.41. The molecule has 0 radical (unpaired) electrons. The van der Waals surface area contributed by atoms with E-state index in [2.05, 4.69) is 20.9 Å². The zero-order chi connectivity index (χ0) is 11.5. The molecule has 0 aliphatic heterocycles. The minimum absolute atomic E-state index is 0.0627. The van der Waals surface area contributed by atoms with E-state index in [9.17, 15) is 4.79 Å². The predicted octanol–water partition coefficient (Wildman–Crippen LogP) is 2.91. The molecular formula is C11H8BrClN2O. The van der Waals surface area contributed by atoms with Gasteiger partial charge in [0.05, 0.1) is 17.2 Å².